The van der Waals surface area contributed by atoms with E-state index in [9.17, 15) is 4.79 Å². The van der Waals surface area contributed by atoms with E-state index in [0.717, 1.165) is 79.6 Å². The standard InChI is InChI=1S/C24H27ClN4O2/c25-19-9-7-18(8-10-19)23-20(29-11-3-1-6-22(29)26-23)17-27-12-14-28(15-13-27)24(30)21-5-2-4-16-31-21/h1,3,6-11,21H,2,4-5,12-17H2. The molecule has 4 heterocycles. The maximum atomic E-state index is 12.8. The maximum absolute atomic E-state index is 12.8. The van der Waals surface area contributed by atoms with Gasteiger partial charge < -0.3 is 14.0 Å². The van der Waals surface area contributed by atoms with Gasteiger partial charge in [0.25, 0.3) is 5.91 Å². The minimum Gasteiger partial charge on any atom is -0.368 e. The number of hydrogen-bond donors (Lipinski definition) is 0. The molecule has 3 aromatic rings. The molecule has 1 aromatic carbocycles. The third kappa shape index (κ3) is 4.33. The molecular weight excluding hydrogens is 412 g/mol. The zero-order valence-corrected chi connectivity index (χ0v) is 18.3. The molecule has 2 aliphatic rings. The molecule has 1 amide bonds. The van der Waals surface area contributed by atoms with Gasteiger partial charge in [-0.3, -0.25) is 9.69 Å². The molecule has 0 spiro atoms. The lowest BCUT2D eigenvalue weighted by molar-refractivity contribution is -0.148. The third-order valence-corrected chi connectivity index (χ3v) is 6.51. The van der Waals surface area contributed by atoms with Crippen molar-refractivity contribution in [3.63, 3.8) is 0 Å². The number of carbonyl (C=O) groups is 1. The summed E-state index contributed by atoms with van der Waals surface area (Å²) in [4.78, 5) is 22.0. The van der Waals surface area contributed by atoms with Gasteiger partial charge in [0, 0.05) is 56.1 Å². The van der Waals surface area contributed by atoms with Gasteiger partial charge in [0.15, 0.2) is 0 Å². The van der Waals surface area contributed by atoms with Crippen LogP contribution in [0, 0.1) is 0 Å². The molecule has 2 aliphatic heterocycles. The summed E-state index contributed by atoms with van der Waals surface area (Å²) in [5.74, 6) is 0.163. The van der Waals surface area contributed by atoms with Crippen molar-refractivity contribution in [2.75, 3.05) is 32.8 Å². The summed E-state index contributed by atoms with van der Waals surface area (Å²) in [6.45, 7) is 4.66. The first-order chi connectivity index (χ1) is 15.2. The second-order valence-corrected chi connectivity index (χ2v) is 8.74. The highest BCUT2D eigenvalue weighted by atomic mass is 35.5. The van der Waals surface area contributed by atoms with Crippen molar-refractivity contribution >= 4 is 23.2 Å². The second kappa shape index (κ2) is 8.99. The Morgan fingerprint density at radius 3 is 2.61 bits per heavy atom. The van der Waals surface area contributed by atoms with Gasteiger partial charge in [0.05, 0.1) is 11.4 Å². The number of hydrogen-bond acceptors (Lipinski definition) is 4. The molecule has 2 aromatic heterocycles. The molecule has 0 aliphatic carbocycles. The van der Waals surface area contributed by atoms with Crippen LogP contribution in [-0.2, 0) is 16.1 Å². The van der Waals surface area contributed by atoms with Crippen LogP contribution in [0.15, 0.2) is 48.7 Å². The third-order valence-electron chi connectivity index (χ3n) is 6.26. The average molecular weight is 439 g/mol. The van der Waals surface area contributed by atoms with Crippen molar-refractivity contribution in [3.8, 4) is 11.3 Å². The lowest BCUT2D eigenvalue weighted by Crippen LogP contribution is -2.52. The number of ether oxygens (including phenoxy) is 1. The monoisotopic (exact) mass is 438 g/mol. The van der Waals surface area contributed by atoms with Crippen LogP contribution in [0.5, 0.6) is 0 Å². The highest BCUT2D eigenvalue weighted by Gasteiger charge is 2.29. The van der Waals surface area contributed by atoms with Crippen LogP contribution in [0.4, 0.5) is 0 Å². The number of nitrogens with zero attached hydrogens (tertiary/aromatic N) is 4. The number of benzene rings is 1. The summed E-state index contributed by atoms with van der Waals surface area (Å²) < 4.78 is 7.86. The molecule has 7 heteroatoms. The van der Waals surface area contributed by atoms with Gasteiger partial charge in [-0.25, -0.2) is 4.98 Å². The minimum atomic E-state index is -0.240. The van der Waals surface area contributed by atoms with E-state index in [1.807, 2.05) is 47.4 Å². The molecular formula is C24H27ClN4O2. The van der Waals surface area contributed by atoms with Gasteiger partial charge in [-0.15, -0.1) is 0 Å². The Labute approximate surface area is 187 Å². The summed E-state index contributed by atoms with van der Waals surface area (Å²) in [5, 5.41) is 0.719. The molecule has 5 rings (SSSR count). The molecule has 162 valence electrons. The average Bonchev–Trinajstić information content (AvgIpc) is 3.18. The van der Waals surface area contributed by atoms with Gasteiger partial charge in [0.2, 0.25) is 0 Å². The van der Waals surface area contributed by atoms with E-state index in [-0.39, 0.29) is 12.0 Å². The topological polar surface area (TPSA) is 50.1 Å². The fourth-order valence-corrected chi connectivity index (χ4v) is 4.64. The Hall–Kier alpha value is -2.41. The lowest BCUT2D eigenvalue weighted by Gasteiger charge is -2.37. The maximum Gasteiger partial charge on any atom is 0.251 e. The number of rotatable bonds is 4. The molecule has 1 unspecified atom stereocenters. The quantitative estimate of drug-likeness (QED) is 0.620. The predicted molar refractivity (Wildman–Crippen MR) is 121 cm³/mol. The van der Waals surface area contributed by atoms with Crippen LogP contribution in [0.2, 0.25) is 5.02 Å². The Kier molecular flexibility index (Phi) is 5.94. The van der Waals surface area contributed by atoms with Crippen LogP contribution in [0.3, 0.4) is 0 Å². The molecule has 0 bridgehead atoms. The minimum absolute atomic E-state index is 0.163. The van der Waals surface area contributed by atoms with Crippen LogP contribution in [-0.4, -0.2) is 64.0 Å². The van der Waals surface area contributed by atoms with E-state index in [4.69, 9.17) is 21.3 Å². The number of halogens is 1. The highest BCUT2D eigenvalue weighted by Crippen LogP contribution is 2.27. The molecule has 0 N–H and O–H groups in total. The highest BCUT2D eigenvalue weighted by molar-refractivity contribution is 6.30. The Morgan fingerprint density at radius 2 is 1.87 bits per heavy atom. The number of fused-ring (bicyclic) bond motifs is 1. The molecule has 1 atom stereocenters. The second-order valence-electron chi connectivity index (χ2n) is 8.30. The zero-order chi connectivity index (χ0) is 21.2. The Balaban J connectivity index is 1.32. The zero-order valence-electron chi connectivity index (χ0n) is 17.5. The SMILES string of the molecule is O=C(C1CCCCO1)N1CCN(Cc2c(-c3ccc(Cl)cc3)nc3ccccn23)CC1. The molecule has 0 saturated carbocycles. The number of amides is 1. The van der Waals surface area contributed by atoms with Gasteiger partial charge in [-0.2, -0.15) is 0 Å². The Bertz CT molecular complexity index is 1050. The summed E-state index contributed by atoms with van der Waals surface area (Å²) in [6.07, 6.45) is 4.82. The van der Waals surface area contributed by atoms with Gasteiger partial charge >= 0.3 is 0 Å². The van der Waals surface area contributed by atoms with Crippen molar-refractivity contribution in [1.29, 1.82) is 0 Å². The number of aromatic nitrogens is 2. The first kappa shape index (κ1) is 20.5. The smallest absolute Gasteiger partial charge is 0.251 e. The van der Waals surface area contributed by atoms with Crippen LogP contribution < -0.4 is 0 Å². The van der Waals surface area contributed by atoms with E-state index < -0.39 is 0 Å². The van der Waals surface area contributed by atoms with E-state index in [1.54, 1.807) is 0 Å². The molecule has 2 fully saturated rings. The number of carbonyl (C=O) groups excluding carboxylic acids is 1. The van der Waals surface area contributed by atoms with E-state index in [0.29, 0.717) is 6.61 Å². The molecule has 2 saturated heterocycles. The molecule has 6 nitrogen and oxygen atoms in total. The van der Waals surface area contributed by atoms with Crippen molar-refractivity contribution < 1.29 is 9.53 Å². The lowest BCUT2D eigenvalue weighted by atomic mass is 10.1. The van der Waals surface area contributed by atoms with Gasteiger partial charge in [-0.05, 0) is 43.5 Å². The molecule has 0 radical (unpaired) electrons. The fourth-order valence-electron chi connectivity index (χ4n) is 4.51. The van der Waals surface area contributed by atoms with Crippen LogP contribution in [0.25, 0.3) is 16.9 Å². The summed E-state index contributed by atoms with van der Waals surface area (Å²) in [7, 11) is 0. The van der Waals surface area contributed by atoms with Crippen molar-refractivity contribution in [1.82, 2.24) is 19.2 Å². The largest absolute Gasteiger partial charge is 0.368 e. The number of pyridine rings is 1. The number of piperazine rings is 1. The van der Waals surface area contributed by atoms with Crippen LogP contribution in [0.1, 0.15) is 25.0 Å². The van der Waals surface area contributed by atoms with Crippen molar-refractivity contribution in [2.45, 2.75) is 31.9 Å². The van der Waals surface area contributed by atoms with Crippen molar-refractivity contribution in [2.24, 2.45) is 0 Å². The van der Waals surface area contributed by atoms with Gasteiger partial charge in [-0.1, -0.05) is 29.8 Å². The van der Waals surface area contributed by atoms with E-state index >= 15 is 0 Å². The summed E-state index contributed by atoms with van der Waals surface area (Å²) in [5.41, 5.74) is 4.14. The fraction of sp³-hybridized carbons (Fsp3) is 0.417. The normalized spacial score (nSPS) is 20.3. The predicted octanol–water partition coefficient (Wildman–Crippen LogP) is 3.87. The first-order valence-electron chi connectivity index (χ1n) is 11.0. The Morgan fingerprint density at radius 1 is 1.06 bits per heavy atom. The van der Waals surface area contributed by atoms with Crippen LogP contribution >= 0.6 is 11.6 Å². The van der Waals surface area contributed by atoms with Gasteiger partial charge in [0.1, 0.15) is 11.8 Å². The summed E-state index contributed by atoms with van der Waals surface area (Å²) >= 11 is 6.09. The number of imidazole rings is 1. The summed E-state index contributed by atoms with van der Waals surface area (Å²) in [6, 6.07) is 13.9. The molecule has 31 heavy (non-hydrogen) atoms. The van der Waals surface area contributed by atoms with E-state index in [2.05, 4.69) is 15.5 Å². The first-order valence-corrected chi connectivity index (χ1v) is 11.4. The van der Waals surface area contributed by atoms with E-state index in [1.165, 1.54) is 0 Å². The van der Waals surface area contributed by atoms with Crippen molar-refractivity contribution in [3.05, 3.63) is 59.4 Å².